The molecule has 0 saturated heterocycles. The Kier molecular flexibility index (Phi) is 6.97. The second kappa shape index (κ2) is 10.2. The SMILES string of the molecule is O=C(OC1C2CC3CC1CC(C(=O)OC(CS(=O)(=O)[O-])(C(F)(F)F)C(F)(F)F)(C3)C2)C1CC2c3ccccc3C1c1ccccc12. The fraction of sp³-hybridized carbons (Fsp3) is 0.562. The Morgan fingerprint density at radius 3 is 1.78 bits per heavy atom. The Balaban J connectivity index is 1.13. The van der Waals surface area contributed by atoms with E-state index in [1.54, 1.807) is 0 Å². The molecule has 9 rings (SSSR count). The van der Waals surface area contributed by atoms with Gasteiger partial charge in [-0.3, -0.25) is 9.59 Å². The number of alkyl halides is 6. The summed E-state index contributed by atoms with van der Waals surface area (Å²) in [6, 6.07) is 15.9. The maximum absolute atomic E-state index is 13.9. The van der Waals surface area contributed by atoms with E-state index in [2.05, 4.69) is 16.9 Å². The van der Waals surface area contributed by atoms with E-state index >= 15 is 0 Å². The molecule has 46 heavy (non-hydrogen) atoms. The molecule has 3 unspecified atom stereocenters. The first-order valence-corrected chi connectivity index (χ1v) is 16.7. The van der Waals surface area contributed by atoms with Gasteiger partial charge in [0.2, 0.25) is 0 Å². The highest BCUT2D eigenvalue weighted by atomic mass is 32.2. The lowest BCUT2D eigenvalue weighted by atomic mass is 9.48. The molecule has 0 aliphatic heterocycles. The molecule has 14 heteroatoms. The number of benzene rings is 2. The van der Waals surface area contributed by atoms with Crippen LogP contribution in [0.3, 0.4) is 0 Å². The van der Waals surface area contributed by atoms with Crippen LogP contribution in [0.1, 0.15) is 72.6 Å². The molecule has 0 aromatic heterocycles. The second-order valence-corrected chi connectivity index (χ2v) is 15.1. The lowest BCUT2D eigenvalue weighted by Gasteiger charge is -2.58. The van der Waals surface area contributed by atoms with Crippen LogP contribution in [0.15, 0.2) is 48.5 Å². The van der Waals surface area contributed by atoms with Crippen molar-refractivity contribution in [1.82, 2.24) is 0 Å². The van der Waals surface area contributed by atoms with Crippen LogP contribution < -0.4 is 0 Å². The highest BCUT2D eigenvalue weighted by molar-refractivity contribution is 7.85. The highest BCUT2D eigenvalue weighted by Gasteiger charge is 2.76. The van der Waals surface area contributed by atoms with Gasteiger partial charge in [0.05, 0.1) is 27.2 Å². The number of rotatable bonds is 6. The molecule has 2 aromatic rings. The lowest BCUT2D eigenvalue weighted by Crippen LogP contribution is -2.66. The van der Waals surface area contributed by atoms with Crippen molar-refractivity contribution >= 4 is 22.1 Å². The van der Waals surface area contributed by atoms with E-state index in [9.17, 15) is 48.9 Å². The van der Waals surface area contributed by atoms with Crippen LogP contribution in [-0.4, -0.2) is 54.7 Å². The van der Waals surface area contributed by atoms with E-state index in [0.29, 0.717) is 19.3 Å². The van der Waals surface area contributed by atoms with Crippen molar-refractivity contribution in [1.29, 1.82) is 0 Å². The molecule has 0 N–H and O–H groups in total. The lowest BCUT2D eigenvalue weighted by molar-refractivity contribution is -0.364. The van der Waals surface area contributed by atoms with Crippen LogP contribution in [0.4, 0.5) is 26.3 Å². The number of carbonyl (C=O) groups excluding carboxylic acids is 2. The summed E-state index contributed by atoms with van der Waals surface area (Å²) in [6.07, 6.45) is -12.5. The largest absolute Gasteiger partial charge is 0.748 e. The number of fused-ring (bicyclic) bond motifs is 1. The fourth-order valence-electron chi connectivity index (χ4n) is 9.49. The number of esters is 2. The molecule has 3 atom stereocenters. The monoisotopic (exact) mass is 671 g/mol. The molecule has 7 aliphatic carbocycles. The maximum atomic E-state index is 13.9. The van der Waals surface area contributed by atoms with Gasteiger partial charge in [-0.25, -0.2) is 8.42 Å². The van der Waals surface area contributed by atoms with Gasteiger partial charge in [0.25, 0.3) is 0 Å². The van der Waals surface area contributed by atoms with Crippen molar-refractivity contribution in [3.63, 3.8) is 0 Å². The predicted octanol–water partition coefficient (Wildman–Crippen LogP) is 5.97. The Morgan fingerprint density at radius 1 is 0.804 bits per heavy atom. The molecule has 4 fully saturated rings. The fourth-order valence-corrected chi connectivity index (χ4v) is 10.4. The van der Waals surface area contributed by atoms with Gasteiger partial charge >= 0.3 is 29.9 Å². The molecular weight excluding hydrogens is 642 g/mol. The van der Waals surface area contributed by atoms with E-state index in [0.717, 1.165) is 22.3 Å². The van der Waals surface area contributed by atoms with Gasteiger partial charge in [-0.1, -0.05) is 48.5 Å². The molecule has 6 bridgehead atoms. The highest BCUT2D eigenvalue weighted by Crippen LogP contribution is 2.63. The van der Waals surface area contributed by atoms with Gasteiger partial charge in [0.15, 0.2) is 0 Å². The quantitative estimate of drug-likeness (QED) is 0.211. The zero-order chi connectivity index (χ0) is 33.0. The first-order chi connectivity index (χ1) is 21.4. The van der Waals surface area contributed by atoms with E-state index in [1.807, 2.05) is 36.4 Å². The first kappa shape index (κ1) is 31.5. The van der Waals surface area contributed by atoms with Crippen molar-refractivity contribution in [3.05, 3.63) is 70.8 Å². The zero-order valence-corrected chi connectivity index (χ0v) is 25.0. The van der Waals surface area contributed by atoms with Crippen molar-refractivity contribution in [3.8, 4) is 0 Å². The molecule has 248 valence electrons. The van der Waals surface area contributed by atoms with E-state index in [1.165, 1.54) is 0 Å². The normalized spacial score (nSPS) is 32.9. The van der Waals surface area contributed by atoms with Gasteiger partial charge in [-0.05, 0) is 78.5 Å². The summed E-state index contributed by atoms with van der Waals surface area (Å²) in [4.78, 5) is 27.3. The molecular formula is C32H29F6O7S-. The molecule has 4 saturated carbocycles. The number of halogens is 6. The summed E-state index contributed by atoms with van der Waals surface area (Å²) < 4.78 is 127. The van der Waals surface area contributed by atoms with Gasteiger partial charge in [-0.2, -0.15) is 26.3 Å². The minimum absolute atomic E-state index is 0.00745. The Bertz CT molecular complexity index is 1630. The number of ether oxygens (including phenoxy) is 2. The van der Waals surface area contributed by atoms with Gasteiger partial charge in [0, 0.05) is 11.8 Å². The van der Waals surface area contributed by atoms with Crippen LogP contribution in [0.5, 0.6) is 0 Å². The molecule has 0 radical (unpaired) electrons. The van der Waals surface area contributed by atoms with Crippen LogP contribution in [0.25, 0.3) is 0 Å². The summed E-state index contributed by atoms with van der Waals surface area (Å²) in [5.74, 6) is -7.31. The third-order valence-electron chi connectivity index (χ3n) is 11.0. The standard InChI is InChI=1S/C32H30F6O7S/c33-31(34,35)30(32(36,37)38,15-46(41,42)43)45-28(40)29-12-16-9-17(13-29)26(18(10-16)14-29)44-27(39)24-11-23-19-5-1-3-7-21(19)25(24)22-8-4-2-6-20(22)23/h1-8,16-18,23-26H,9-15H2,(H,41,42,43)/p-1. The van der Waals surface area contributed by atoms with Crippen molar-refractivity contribution in [2.24, 2.45) is 29.1 Å². The van der Waals surface area contributed by atoms with Crippen molar-refractivity contribution in [2.75, 3.05) is 5.75 Å². The number of carbonyl (C=O) groups is 2. The molecule has 0 spiro atoms. The van der Waals surface area contributed by atoms with Crippen LogP contribution in [0, 0.1) is 29.1 Å². The third kappa shape index (κ3) is 4.76. The summed E-state index contributed by atoms with van der Waals surface area (Å²) in [5.41, 5.74) is -2.88. The Hall–Kier alpha value is -3.13. The third-order valence-corrected chi connectivity index (χ3v) is 11.8. The van der Waals surface area contributed by atoms with Crippen molar-refractivity contribution < 1.29 is 58.4 Å². The van der Waals surface area contributed by atoms with Crippen molar-refractivity contribution in [2.45, 2.75) is 74.4 Å². The Morgan fingerprint density at radius 2 is 1.30 bits per heavy atom. The topological polar surface area (TPSA) is 110 Å². The van der Waals surface area contributed by atoms with Crippen LogP contribution >= 0.6 is 0 Å². The minimum atomic E-state index is -6.44. The Labute approximate surface area is 260 Å². The summed E-state index contributed by atoms with van der Waals surface area (Å²) in [7, 11) is -6.15. The first-order valence-electron chi connectivity index (χ1n) is 15.1. The minimum Gasteiger partial charge on any atom is -0.748 e. The number of hydrogen-bond acceptors (Lipinski definition) is 7. The summed E-state index contributed by atoms with van der Waals surface area (Å²) in [5, 5.41) is 0. The van der Waals surface area contributed by atoms with Crippen LogP contribution in [-0.2, 0) is 29.2 Å². The summed E-state index contributed by atoms with van der Waals surface area (Å²) in [6.45, 7) is 0. The molecule has 7 nitrogen and oxygen atoms in total. The molecule has 7 aliphatic rings. The molecule has 2 aromatic carbocycles. The zero-order valence-electron chi connectivity index (χ0n) is 24.1. The van der Waals surface area contributed by atoms with Gasteiger partial charge in [0.1, 0.15) is 6.10 Å². The average Bonchev–Trinajstić information content (AvgIpc) is 2.96. The second-order valence-electron chi connectivity index (χ2n) is 13.7. The summed E-state index contributed by atoms with van der Waals surface area (Å²) >= 11 is 0. The molecule has 0 amide bonds. The van der Waals surface area contributed by atoms with E-state index < -0.39 is 75.0 Å². The average molecular weight is 672 g/mol. The maximum Gasteiger partial charge on any atom is 0.438 e. The predicted molar refractivity (Wildman–Crippen MR) is 146 cm³/mol. The van der Waals surface area contributed by atoms with Crippen LogP contribution in [0.2, 0.25) is 0 Å². The smallest absolute Gasteiger partial charge is 0.438 e. The van der Waals surface area contributed by atoms with E-state index in [4.69, 9.17) is 4.74 Å². The molecule has 0 heterocycles. The number of hydrogen-bond donors (Lipinski definition) is 0. The van der Waals surface area contributed by atoms with Gasteiger partial charge < -0.3 is 14.0 Å². The van der Waals surface area contributed by atoms with Gasteiger partial charge in [-0.15, -0.1) is 0 Å². The van der Waals surface area contributed by atoms with E-state index in [-0.39, 0.29) is 37.0 Å².